The smallest absolute Gasteiger partial charge is 0.234 e. The van der Waals surface area contributed by atoms with Gasteiger partial charge in [-0.1, -0.05) is 26.0 Å². The first-order valence-electron chi connectivity index (χ1n) is 8.92. The van der Waals surface area contributed by atoms with Gasteiger partial charge in [0, 0.05) is 25.6 Å². The fraction of sp³-hybridized carbons (Fsp3) is 0.579. The third-order valence-electron chi connectivity index (χ3n) is 4.58. The van der Waals surface area contributed by atoms with E-state index in [0.29, 0.717) is 38.3 Å². The van der Waals surface area contributed by atoms with E-state index in [1.54, 1.807) is 17.0 Å². The molecule has 6 heteroatoms. The number of hydrogen-bond donors (Lipinski definition) is 2. The van der Waals surface area contributed by atoms with Gasteiger partial charge in [0.05, 0.1) is 6.04 Å². The minimum Gasteiger partial charge on any atom is -0.368 e. The van der Waals surface area contributed by atoms with Crippen molar-refractivity contribution >= 4 is 11.8 Å². The van der Waals surface area contributed by atoms with Gasteiger partial charge in [-0.3, -0.25) is 9.59 Å². The Morgan fingerprint density at radius 1 is 1.32 bits per heavy atom. The van der Waals surface area contributed by atoms with Crippen LogP contribution in [0.5, 0.6) is 0 Å². The van der Waals surface area contributed by atoms with Crippen molar-refractivity contribution in [1.82, 2.24) is 10.2 Å². The number of likely N-dealkylation sites (tertiary alicyclic amines) is 1. The van der Waals surface area contributed by atoms with Gasteiger partial charge in [-0.2, -0.15) is 0 Å². The number of amides is 2. The molecule has 2 atom stereocenters. The maximum atomic E-state index is 13.0. The lowest BCUT2D eigenvalue weighted by molar-refractivity contribution is -0.131. The Morgan fingerprint density at radius 3 is 2.60 bits per heavy atom. The second kappa shape index (κ2) is 8.94. The summed E-state index contributed by atoms with van der Waals surface area (Å²) in [6, 6.07) is 5.96. The van der Waals surface area contributed by atoms with Crippen LogP contribution in [0.25, 0.3) is 0 Å². The Labute approximate surface area is 148 Å². The van der Waals surface area contributed by atoms with Crippen molar-refractivity contribution in [2.75, 3.05) is 6.54 Å². The Hall–Kier alpha value is -1.95. The zero-order chi connectivity index (χ0) is 18.4. The van der Waals surface area contributed by atoms with Gasteiger partial charge in [0.2, 0.25) is 11.8 Å². The van der Waals surface area contributed by atoms with Crippen LogP contribution in [0.3, 0.4) is 0 Å². The lowest BCUT2D eigenvalue weighted by atomic mass is 10.0. The van der Waals surface area contributed by atoms with Crippen LogP contribution in [-0.2, 0) is 16.1 Å². The van der Waals surface area contributed by atoms with Gasteiger partial charge >= 0.3 is 0 Å². The summed E-state index contributed by atoms with van der Waals surface area (Å²) >= 11 is 0. The summed E-state index contributed by atoms with van der Waals surface area (Å²) in [4.78, 5) is 25.8. The van der Waals surface area contributed by atoms with Crippen molar-refractivity contribution in [3.63, 3.8) is 0 Å². The van der Waals surface area contributed by atoms with Crippen molar-refractivity contribution in [2.45, 2.75) is 58.2 Å². The molecule has 1 aromatic carbocycles. The topological polar surface area (TPSA) is 75.4 Å². The average Bonchev–Trinajstić information content (AvgIpc) is 2.71. The predicted molar refractivity (Wildman–Crippen MR) is 95.0 cm³/mol. The third-order valence-corrected chi connectivity index (χ3v) is 4.58. The Balaban J connectivity index is 1.94. The van der Waals surface area contributed by atoms with Crippen LogP contribution in [0, 0.1) is 11.7 Å². The highest BCUT2D eigenvalue weighted by Gasteiger charge is 2.26. The molecule has 1 fully saturated rings. The number of halogens is 1. The Bertz CT molecular complexity index is 589. The lowest BCUT2D eigenvalue weighted by Gasteiger charge is -2.24. The van der Waals surface area contributed by atoms with E-state index in [9.17, 15) is 14.0 Å². The first-order valence-corrected chi connectivity index (χ1v) is 8.92. The molecule has 0 bridgehead atoms. The normalized spacial score (nSPS) is 19.8. The fourth-order valence-electron chi connectivity index (χ4n) is 3.20. The van der Waals surface area contributed by atoms with Crippen LogP contribution in [0.2, 0.25) is 0 Å². The van der Waals surface area contributed by atoms with Crippen LogP contribution in [0.1, 0.15) is 45.1 Å². The summed E-state index contributed by atoms with van der Waals surface area (Å²) < 4.78 is 13.0. The molecule has 2 amide bonds. The number of carbonyl (C=O) groups is 2. The summed E-state index contributed by atoms with van der Waals surface area (Å²) in [6.45, 7) is 5.20. The van der Waals surface area contributed by atoms with Gasteiger partial charge in [-0.15, -0.1) is 0 Å². The third kappa shape index (κ3) is 6.12. The highest BCUT2D eigenvalue weighted by molar-refractivity contribution is 5.80. The zero-order valence-electron chi connectivity index (χ0n) is 15.0. The number of hydrogen-bond acceptors (Lipinski definition) is 3. The van der Waals surface area contributed by atoms with Gasteiger partial charge < -0.3 is 16.0 Å². The molecule has 0 spiro atoms. The summed E-state index contributed by atoms with van der Waals surface area (Å²) in [5.41, 5.74) is 6.41. The van der Waals surface area contributed by atoms with E-state index in [1.165, 1.54) is 12.1 Å². The molecule has 1 aliphatic heterocycles. The zero-order valence-corrected chi connectivity index (χ0v) is 15.0. The first kappa shape index (κ1) is 19.4. The van der Waals surface area contributed by atoms with Gasteiger partial charge in [-0.25, -0.2) is 4.39 Å². The molecule has 0 radical (unpaired) electrons. The maximum absolute atomic E-state index is 13.0. The molecule has 1 unspecified atom stereocenters. The molecule has 25 heavy (non-hydrogen) atoms. The van der Waals surface area contributed by atoms with Crippen molar-refractivity contribution < 1.29 is 14.0 Å². The number of nitrogens with one attached hydrogen (secondary N) is 1. The number of nitrogens with two attached hydrogens (primary N) is 1. The molecule has 0 aromatic heterocycles. The number of benzene rings is 1. The van der Waals surface area contributed by atoms with Crippen molar-refractivity contribution in [3.05, 3.63) is 35.6 Å². The molecule has 5 nitrogen and oxygen atoms in total. The number of nitrogens with zero attached hydrogens (tertiary/aromatic N) is 1. The molecule has 1 saturated heterocycles. The highest BCUT2D eigenvalue weighted by Crippen LogP contribution is 2.17. The van der Waals surface area contributed by atoms with E-state index in [0.717, 1.165) is 12.0 Å². The number of carbonyl (C=O) groups excluding carboxylic acids is 2. The molecule has 138 valence electrons. The highest BCUT2D eigenvalue weighted by atomic mass is 19.1. The minimum atomic E-state index is -0.358. The lowest BCUT2D eigenvalue weighted by Crippen LogP contribution is -2.47. The van der Waals surface area contributed by atoms with E-state index >= 15 is 0 Å². The second-order valence-corrected chi connectivity index (χ2v) is 7.22. The molecule has 0 aliphatic carbocycles. The van der Waals surface area contributed by atoms with E-state index in [-0.39, 0.29) is 29.7 Å². The monoisotopic (exact) mass is 349 g/mol. The van der Waals surface area contributed by atoms with E-state index in [4.69, 9.17) is 5.73 Å². The van der Waals surface area contributed by atoms with Gasteiger partial charge in [0.25, 0.3) is 0 Å². The molecule has 1 aromatic rings. The van der Waals surface area contributed by atoms with Gasteiger partial charge in [0.15, 0.2) is 0 Å². The molecule has 0 saturated carbocycles. The van der Waals surface area contributed by atoms with E-state index < -0.39 is 0 Å². The summed E-state index contributed by atoms with van der Waals surface area (Å²) in [5.74, 6) is -0.161. The van der Waals surface area contributed by atoms with Crippen molar-refractivity contribution in [2.24, 2.45) is 11.7 Å². The maximum Gasteiger partial charge on any atom is 0.234 e. The molecular weight excluding hydrogens is 321 g/mol. The van der Waals surface area contributed by atoms with Crippen molar-refractivity contribution in [1.29, 1.82) is 0 Å². The first-order chi connectivity index (χ1) is 11.8. The van der Waals surface area contributed by atoms with Crippen molar-refractivity contribution in [3.8, 4) is 0 Å². The summed E-state index contributed by atoms with van der Waals surface area (Å²) in [5, 5.41) is 3.34. The minimum absolute atomic E-state index is 0.0908. The molecule has 1 heterocycles. The van der Waals surface area contributed by atoms with Crippen LogP contribution in [0.15, 0.2) is 24.3 Å². The second-order valence-electron chi connectivity index (χ2n) is 7.22. The SMILES string of the molecule is CC(C)C[C@H](NC1CCC(=O)N(Cc2ccc(F)cc2)CC1)C(N)=O. The Kier molecular flexibility index (Phi) is 6.93. The molecule has 2 rings (SSSR count). The van der Waals surface area contributed by atoms with Gasteiger partial charge in [0.1, 0.15) is 5.82 Å². The van der Waals surface area contributed by atoms with Crippen LogP contribution in [-0.4, -0.2) is 35.3 Å². The summed E-state index contributed by atoms with van der Waals surface area (Å²) in [6.07, 6.45) is 2.60. The fourth-order valence-corrected chi connectivity index (χ4v) is 3.20. The number of primary amides is 1. The molecule has 1 aliphatic rings. The predicted octanol–water partition coefficient (Wildman–Crippen LogP) is 2.20. The van der Waals surface area contributed by atoms with E-state index in [2.05, 4.69) is 19.2 Å². The standard InChI is InChI=1S/C19H28FN3O2/c1-13(2)11-17(19(21)25)22-16-7-8-18(24)23(10-9-16)12-14-3-5-15(20)6-4-14/h3-6,13,16-17,22H,7-12H2,1-2H3,(H2,21,25)/t16?,17-/m0/s1. The summed E-state index contributed by atoms with van der Waals surface area (Å²) in [7, 11) is 0. The van der Waals surface area contributed by atoms with Gasteiger partial charge in [-0.05, 0) is 42.9 Å². The largest absolute Gasteiger partial charge is 0.368 e. The molecule has 3 N–H and O–H groups in total. The van der Waals surface area contributed by atoms with Crippen LogP contribution >= 0.6 is 0 Å². The van der Waals surface area contributed by atoms with Crippen LogP contribution in [0.4, 0.5) is 4.39 Å². The molecular formula is C19H28FN3O2. The van der Waals surface area contributed by atoms with Crippen LogP contribution < -0.4 is 11.1 Å². The Morgan fingerprint density at radius 2 is 2.00 bits per heavy atom. The average molecular weight is 349 g/mol. The van der Waals surface area contributed by atoms with E-state index in [1.807, 2.05) is 0 Å². The quantitative estimate of drug-likeness (QED) is 0.792. The number of rotatable bonds is 7.